The van der Waals surface area contributed by atoms with Crippen LogP contribution >= 0.6 is 24.2 Å². The number of hydrogen-bond acceptors (Lipinski definition) is 5. The summed E-state index contributed by atoms with van der Waals surface area (Å²) < 4.78 is 33.2. The Morgan fingerprint density at radius 3 is 2.64 bits per heavy atom. The molecule has 0 aliphatic carbocycles. The molecule has 0 saturated heterocycles. The molecule has 2 aromatic carbocycles. The minimum Gasteiger partial charge on any atom is -0.485 e. The zero-order valence-corrected chi connectivity index (χ0v) is 16.6. The molecule has 2 rings (SSSR count). The van der Waals surface area contributed by atoms with Crippen molar-refractivity contribution < 1.29 is 18.3 Å². The summed E-state index contributed by atoms with van der Waals surface area (Å²) in [6.45, 7) is 2.58. The summed E-state index contributed by atoms with van der Waals surface area (Å²) in [5, 5.41) is 11.1. The molecule has 0 spiro atoms. The molecule has 0 saturated carbocycles. The van der Waals surface area contributed by atoms with Crippen molar-refractivity contribution in [2.45, 2.75) is 13.8 Å². The van der Waals surface area contributed by atoms with Gasteiger partial charge in [-0.3, -0.25) is 9.79 Å². The van der Waals surface area contributed by atoms with Gasteiger partial charge in [0.2, 0.25) is 0 Å². The highest BCUT2D eigenvalue weighted by Gasteiger charge is 2.18. The highest BCUT2D eigenvalue weighted by Crippen LogP contribution is 2.26. The summed E-state index contributed by atoms with van der Waals surface area (Å²) in [4.78, 5) is 15.7. The zero-order valence-electron chi connectivity index (χ0n) is 15.0. The Labute approximate surface area is 171 Å². The van der Waals surface area contributed by atoms with Gasteiger partial charge in [-0.15, -0.1) is 12.6 Å². The van der Waals surface area contributed by atoms with E-state index < -0.39 is 23.0 Å². The first-order chi connectivity index (χ1) is 13.3. The summed E-state index contributed by atoms with van der Waals surface area (Å²) >= 11 is 10.0. The number of rotatable bonds is 6. The summed E-state index contributed by atoms with van der Waals surface area (Å²) in [7, 11) is 0. The molecule has 0 N–H and O–H groups in total. The summed E-state index contributed by atoms with van der Waals surface area (Å²) in [5.74, 6) is -3.01. The van der Waals surface area contributed by atoms with Gasteiger partial charge in [-0.2, -0.15) is 5.26 Å². The van der Waals surface area contributed by atoms with Crippen LogP contribution in [-0.4, -0.2) is 18.1 Å². The molecule has 144 valence electrons. The molecule has 0 aliphatic heterocycles. The number of benzene rings is 2. The molecule has 0 unspecified atom stereocenters. The van der Waals surface area contributed by atoms with Gasteiger partial charge in [0.25, 0.3) is 0 Å². The minimum atomic E-state index is -1.06. The van der Waals surface area contributed by atoms with Crippen LogP contribution in [0.2, 0.25) is 5.02 Å². The molecule has 0 aliphatic rings. The van der Waals surface area contributed by atoms with Crippen molar-refractivity contribution >= 4 is 41.4 Å². The number of nitriles is 1. The SMILES string of the molecule is CC(=O)c1c(F)ccc(OCC(C)=N/C(=C\S)c2ccc(Cl)cc2C#N)c1F. The fourth-order valence-corrected chi connectivity index (χ4v) is 2.75. The molecular weight excluding hydrogens is 406 g/mol. The maximum Gasteiger partial charge on any atom is 0.178 e. The topological polar surface area (TPSA) is 62.4 Å². The fourth-order valence-electron chi connectivity index (χ4n) is 2.38. The molecule has 28 heavy (non-hydrogen) atoms. The van der Waals surface area contributed by atoms with Crippen molar-refractivity contribution in [3.8, 4) is 11.8 Å². The van der Waals surface area contributed by atoms with Crippen molar-refractivity contribution in [3.05, 3.63) is 69.1 Å². The van der Waals surface area contributed by atoms with Gasteiger partial charge in [-0.05, 0) is 49.6 Å². The van der Waals surface area contributed by atoms with Crippen molar-refractivity contribution in [2.75, 3.05) is 6.61 Å². The summed E-state index contributed by atoms with van der Waals surface area (Å²) in [6, 6.07) is 8.87. The van der Waals surface area contributed by atoms with E-state index in [9.17, 15) is 18.8 Å². The van der Waals surface area contributed by atoms with Gasteiger partial charge < -0.3 is 4.74 Å². The van der Waals surface area contributed by atoms with E-state index in [0.717, 1.165) is 19.1 Å². The van der Waals surface area contributed by atoms with Crippen LogP contribution in [0, 0.1) is 23.0 Å². The highest BCUT2D eigenvalue weighted by atomic mass is 35.5. The van der Waals surface area contributed by atoms with Crippen molar-refractivity contribution in [2.24, 2.45) is 4.99 Å². The van der Waals surface area contributed by atoms with Crippen LogP contribution in [0.5, 0.6) is 5.75 Å². The second-order valence-electron chi connectivity index (χ2n) is 5.74. The van der Waals surface area contributed by atoms with Crippen LogP contribution in [0.3, 0.4) is 0 Å². The fraction of sp³-hybridized carbons (Fsp3) is 0.150. The van der Waals surface area contributed by atoms with Gasteiger partial charge in [0.05, 0.1) is 28.6 Å². The van der Waals surface area contributed by atoms with Crippen LogP contribution < -0.4 is 4.74 Å². The number of carbonyl (C=O) groups excluding carboxylic acids is 1. The number of halogens is 3. The Morgan fingerprint density at radius 2 is 2.04 bits per heavy atom. The molecule has 8 heteroatoms. The van der Waals surface area contributed by atoms with E-state index in [-0.39, 0.29) is 12.4 Å². The third kappa shape index (κ3) is 4.97. The van der Waals surface area contributed by atoms with E-state index in [2.05, 4.69) is 17.6 Å². The van der Waals surface area contributed by atoms with Gasteiger partial charge in [-0.1, -0.05) is 11.6 Å². The Bertz CT molecular complexity index is 1030. The van der Waals surface area contributed by atoms with E-state index in [0.29, 0.717) is 27.6 Å². The van der Waals surface area contributed by atoms with Crippen LogP contribution in [0.15, 0.2) is 40.7 Å². The lowest BCUT2D eigenvalue weighted by molar-refractivity contribution is 0.100. The highest BCUT2D eigenvalue weighted by molar-refractivity contribution is 7.83. The van der Waals surface area contributed by atoms with Crippen molar-refractivity contribution in [1.82, 2.24) is 0 Å². The molecule has 0 fully saturated rings. The van der Waals surface area contributed by atoms with Gasteiger partial charge >= 0.3 is 0 Å². The predicted octanol–water partition coefficient (Wildman–Crippen LogP) is 5.46. The second-order valence-corrected chi connectivity index (χ2v) is 6.44. The van der Waals surface area contributed by atoms with E-state index in [1.807, 2.05) is 6.07 Å². The van der Waals surface area contributed by atoms with E-state index >= 15 is 0 Å². The first kappa shape index (κ1) is 21.6. The van der Waals surface area contributed by atoms with E-state index in [4.69, 9.17) is 16.3 Å². The van der Waals surface area contributed by atoms with Crippen LogP contribution in [0.4, 0.5) is 8.78 Å². The number of nitrogens with zero attached hydrogens (tertiary/aromatic N) is 2. The van der Waals surface area contributed by atoms with Gasteiger partial charge in [0.1, 0.15) is 12.4 Å². The minimum absolute atomic E-state index is 0.125. The number of aliphatic imine (C=N–C) groups is 1. The number of carbonyl (C=O) groups is 1. The molecule has 4 nitrogen and oxygen atoms in total. The number of ketones is 1. The number of Topliss-reactive ketones (excluding diaryl/α,β-unsaturated/α-hetero) is 1. The lowest BCUT2D eigenvalue weighted by Crippen LogP contribution is -2.11. The third-order valence-corrected chi connectivity index (χ3v) is 4.14. The smallest absolute Gasteiger partial charge is 0.178 e. The van der Waals surface area contributed by atoms with Crippen molar-refractivity contribution in [1.29, 1.82) is 5.26 Å². The molecular formula is C20H15ClF2N2O2S. The zero-order chi connectivity index (χ0) is 20.8. The Hall–Kier alpha value is -2.69. The second kappa shape index (κ2) is 9.49. The molecule has 0 aromatic heterocycles. The van der Waals surface area contributed by atoms with Crippen LogP contribution in [-0.2, 0) is 0 Å². The largest absolute Gasteiger partial charge is 0.485 e. The summed E-state index contributed by atoms with van der Waals surface area (Å²) in [5.41, 5.74) is 1.02. The van der Waals surface area contributed by atoms with Crippen LogP contribution in [0.25, 0.3) is 5.70 Å². The number of ether oxygens (including phenoxy) is 1. The first-order valence-corrected chi connectivity index (χ1v) is 8.88. The standard InChI is InChI=1S/C20H15ClF2N2O2S/c1-11(9-27-18-6-5-16(22)19(12(2)26)20(18)23)25-17(10-28)15-4-3-14(21)7-13(15)8-24/h3-7,10,28H,9H2,1-2H3/b17-10-,25-11?. The average molecular weight is 421 g/mol. The molecule has 0 radical (unpaired) electrons. The first-order valence-electron chi connectivity index (χ1n) is 7.98. The molecule has 2 aromatic rings. The van der Waals surface area contributed by atoms with Gasteiger partial charge in [-0.25, -0.2) is 8.78 Å². The predicted molar refractivity (Wildman–Crippen MR) is 108 cm³/mol. The maximum absolute atomic E-state index is 14.3. The average Bonchev–Trinajstić information content (AvgIpc) is 2.65. The Balaban J connectivity index is 2.25. The monoisotopic (exact) mass is 420 g/mol. The van der Waals surface area contributed by atoms with Crippen molar-refractivity contribution in [3.63, 3.8) is 0 Å². The number of hydrogen-bond donors (Lipinski definition) is 1. The normalized spacial score (nSPS) is 11.9. The third-order valence-electron chi connectivity index (χ3n) is 3.66. The maximum atomic E-state index is 14.3. The van der Waals surface area contributed by atoms with E-state index in [1.165, 1.54) is 11.5 Å². The molecule has 0 amide bonds. The molecule has 0 bridgehead atoms. The van der Waals surface area contributed by atoms with Gasteiger partial charge in [0, 0.05) is 10.6 Å². The lowest BCUT2D eigenvalue weighted by atomic mass is 10.1. The summed E-state index contributed by atoms with van der Waals surface area (Å²) in [6.07, 6.45) is 0. The molecule has 0 atom stereocenters. The quantitative estimate of drug-likeness (QED) is 0.383. The Morgan fingerprint density at radius 1 is 1.32 bits per heavy atom. The Kier molecular flexibility index (Phi) is 7.32. The lowest BCUT2D eigenvalue weighted by Gasteiger charge is -2.11. The van der Waals surface area contributed by atoms with Gasteiger partial charge in [0.15, 0.2) is 17.3 Å². The number of thiol groups is 1. The van der Waals surface area contributed by atoms with E-state index in [1.54, 1.807) is 19.1 Å². The molecule has 0 heterocycles. The van der Waals surface area contributed by atoms with Crippen LogP contribution in [0.1, 0.15) is 35.3 Å².